The van der Waals surface area contributed by atoms with Crippen molar-refractivity contribution in [3.8, 4) is 0 Å². The molecule has 178 valence electrons. The van der Waals surface area contributed by atoms with Crippen LogP contribution in [-0.4, -0.2) is 50.7 Å². The maximum Gasteiger partial charge on any atom is 0.255 e. The fraction of sp³-hybridized carbons (Fsp3) is 0.458. The molecule has 1 saturated carbocycles. The van der Waals surface area contributed by atoms with Crippen LogP contribution in [0.15, 0.2) is 30.5 Å². The number of hydrogen-bond donors (Lipinski definition) is 2. The van der Waals surface area contributed by atoms with Gasteiger partial charge >= 0.3 is 0 Å². The van der Waals surface area contributed by atoms with Crippen molar-refractivity contribution in [1.82, 2.24) is 20.2 Å². The lowest BCUT2D eigenvalue weighted by atomic mass is 9.90. The number of benzene rings is 1. The zero-order chi connectivity index (χ0) is 23.8. The molecule has 1 aliphatic carbocycles. The van der Waals surface area contributed by atoms with Gasteiger partial charge in [-0.05, 0) is 55.4 Å². The Kier molecular flexibility index (Phi) is 6.22. The van der Waals surface area contributed by atoms with Gasteiger partial charge in [-0.2, -0.15) is 0 Å². The molecule has 3 N–H and O–H groups in total. The van der Waals surface area contributed by atoms with Gasteiger partial charge in [0.1, 0.15) is 11.2 Å². The first-order valence-electron chi connectivity index (χ1n) is 11.7. The summed E-state index contributed by atoms with van der Waals surface area (Å²) in [6.07, 6.45) is 5.98. The number of aromatic nitrogens is 2. The Hall–Kier alpha value is -3.04. The van der Waals surface area contributed by atoms with E-state index in [1.165, 1.54) is 0 Å². The van der Waals surface area contributed by atoms with Gasteiger partial charge in [-0.3, -0.25) is 19.7 Å². The van der Waals surface area contributed by atoms with E-state index in [0.29, 0.717) is 36.2 Å². The predicted molar refractivity (Wildman–Crippen MR) is 126 cm³/mol. The minimum absolute atomic E-state index is 0.180. The van der Waals surface area contributed by atoms with Crippen LogP contribution in [0.25, 0.3) is 0 Å². The molecule has 3 aliphatic rings. The number of anilines is 1. The fourth-order valence-electron chi connectivity index (χ4n) is 5.14. The lowest BCUT2D eigenvalue weighted by Crippen LogP contribution is -2.52. The highest BCUT2D eigenvalue weighted by molar-refractivity contribution is 6.29. The molecule has 1 aromatic heterocycles. The van der Waals surface area contributed by atoms with Crippen molar-refractivity contribution in [3.63, 3.8) is 0 Å². The zero-order valence-corrected chi connectivity index (χ0v) is 19.5. The molecule has 2 fully saturated rings. The van der Waals surface area contributed by atoms with Crippen LogP contribution in [-0.2, 0) is 22.7 Å². The first-order chi connectivity index (χ1) is 16.4. The summed E-state index contributed by atoms with van der Waals surface area (Å²) in [6.45, 7) is 0.890. The van der Waals surface area contributed by atoms with Crippen LogP contribution in [0.1, 0.15) is 60.0 Å². The SMILES string of the molecule is NC1CCC(N(Cc2ccc3c(c2)C(=O)N(C2CCC(=O)NC2=O)C3)c2nccc(Cl)n2)CC1. The van der Waals surface area contributed by atoms with E-state index in [1.807, 2.05) is 18.2 Å². The monoisotopic (exact) mass is 482 g/mol. The van der Waals surface area contributed by atoms with Gasteiger partial charge in [0, 0.05) is 43.4 Å². The van der Waals surface area contributed by atoms with E-state index in [-0.39, 0.29) is 30.3 Å². The highest BCUT2D eigenvalue weighted by Gasteiger charge is 2.39. The minimum Gasteiger partial charge on any atom is -0.333 e. The number of halogens is 1. The summed E-state index contributed by atoms with van der Waals surface area (Å²) in [5.74, 6) is -0.317. The Morgan fingerprint density at radius 2 is 1.91 bits per heavy atom. The van der Waals surface area contributed by atoms with Crippen LogP contribution in [0, 0.1) is 0 Å². The Morgan fingerprint density at radius 3 is 2.65 bits per heavy atom. The Morgan fingerprint density at radius 1 is 1.12 bits per heavy atom. The van der Waals surface area contributed by atoms with Crippen molar-refractivity contribution in [1.29, 1.82) is 0 Å². The van der Waals surface area contributed by atoms with Crippen molar-refractivity contribution >= 4 is 35.3 Å². The molecule has 2 aromatic rings. The summed E-state index contributed by atoms with van der Waals surface area (Å²) in [5.41, 5.74) is 8.55. The van der Waals surface area contributed by atoms with Gasteiger partial charge < -0.3 is 15.5 Å². The summed E-state index contributed by atoms with van der Waals surface area (Å²) < 4.78 is 0. The second-order valence-electron chi connectivity index (χ2n) is 9.27. The third-order valence-electron chi connectivity index (χ3n) is 6.99. The Balaban J connectivity index is 1.38. The van der Waals surface area contributed by atoms with E-state index in [1.54, 1.807) is 17.2 Å². The second-order valence-corrected chi connectivity index (χ2v) is 9.65. The molecule has 5 rings (SSSR count). The first kappa shape index (κ1) is 22.7. The van der Waals surface area contributed by atoms with Gasteiger partial charge in [0.05, 0.1) is 0 Å². The number of amides is 3. The molecule has 9 nitrogen and oxygen atoms in total. The van der Waals surface area contributed by atoms with E-state index in [9.17, 15) is 14.4 Å². The third kappa shape index (κ3) is 4.50. The fourth-order valence-corrected chi connectivity index (χ4v) is 5.27. The topological polar surface area (TPSA) is 122 Å². The van der Waals surface area contributed by atoms with Gasteiger partial charge in [0.25, 0.3) is 5.91 Å². The highest BCUT2D eigenvalue weighted by atomic mass is 35.5. The number of rotatable bonds is 5. The van der Waals surface area contributed by atoms with E-state index in [0.717, 1.165) is 36.8 Å². The van der Waals surface area contributed by atoms with Crippen LogP contribution in [0.2, 0.25) is 5.15 Å². The third-order valence-corrected chi connectivity index (χ3v) is 7.20. The number of hydrogen-bond acceptors (Lipinski definition) is 7. The number of nitrogens with two attached hydrogens (primary N) is 1. The van der Waals surface area contributed by atoms with Crippen LogP contribution in [0.4, 0.5) is 5.95 Å². The maximum atomic E-state index is 13.2. The molecule has 0 spiro atoms. The standard InChI is InChI=1S/C24H27ClN6O3/c25-20-9-10-27-24(28-20)30(17-5-3-16(26)4-6-17)12-14-1-2-15-13-31(23(34)18(15)11-14)19-7-8-21(32)29-22(19)33/h1-2,9-11,16-17,19H,3-8,12-13,26H2,(H,29,32,33). The molecule has 2 aliphatic heterocycles. The lowest BCUT2D eigenvalue weighted by molar-refractivity contribution is -0.136. The van der Waals surface area contributed by atoms with Crippen LogP contribution in [0.5, 0.6) is 0 Å². The quantitative estimate of drug-likeness (QED) is 0.494. The number of nitrogens with zero attached hydrogens (tertiary/aromatic N) is 4. The normalized spacial score (nSPS) is 24.7. The smallest absolute Gasteiger partial charge is 0.255 e. The number of carbonyl (C=O) groups is 3. The summed E-state index contributed by atoms with van der Waals surface area (Å²) in [5, 5.41) is 2.72. The highest BCUT2D eigenvalue weighted by Crippen LogP contribution is 2.31. The van der Waals surface area contributed by atoms with E-state index in [4.69, 9.17) is 17.3 Å². The molecule has 3 heterocycles. The summed E-state index contributed by atoms with van der Waals surface area (Å²) >= 11 is 6.16. The average molecular weight is 483 g/mol. The summed E-state index contributed by atoms with van der Waals surface area (Å²) in [7, 11) is 0. The Labute approximate surface area is 202 Å². The number of imide groups is 1. The second kappa shape index (κ2) is 9.31. The van der Waals surface area contributed by atoms with Crippen LogP contribution < -0.4 is 16.0 Å². The van der Waals surface area contributed by atoms with E-state index >= 15 is 0 Å². The van der Waals surface area contributed by atoms with E-state index < -0.39 is 11.9 Å². The average Bonchev–Trinajstić information content (AvgIpc) is 3.14. The lowest BCUT2D eigenvalue weighted by Gasteiger charge is -2.36. The minimum atomic E-state index is -0.621. The van der Waals surface area contributed by atoms with Crippen LogP contribution in [0.3, 0.4) is 0 Å². The molecule has 1 unspecified atom stereocenters. The number of nitrogens with one attached hydrogen (secondary N) is 1. The zero-order valence-electron chi connectivity index (χ0n) is 18.7. The molecular weight excluding hydrogens is 456 g/mol. The van der Waals surface area contributed by atoms with Gasteiger partial charge in [-0.1, -0.05) is 23.7 Å². The molecular formula is C24H27ClN6O3. The first-order valence-corrected chi connectivity index (χ1v) is 12.0. The molecule has 34 heavy (non-hydrogen) atoms. The molecule has 3 amide bonds. The van der Waals surface area contributed by atoms with Gasteiger partial charge in [0.15, 0.2) is 0 Å². The van der Waals surface area contributed by atoms with Crippen LogP contribution >= 0.6 is 11.6 Å². The predicted octanol–water partition coefficient (Wildman–Crippen LogP) is 2.17. The number of fused-ring (bicyclic) bond motifs is 1. The molecule has 10 heteroatoms. The number of piperidine rings is 1. The molecule has 0 radical (unpaired) electrons. The molecule has 1 aromatic carbocycles. The largest absolute Gasteiger partial charge is 0.333 e. The van der Waals surface area contributed by atoms with Crippen molar-refractivity contribution < 1.29 is 14.4 Å². The Bertz CT molecular complexity index is 1130. The summed E-state index contributed by atoms with van der Waals surface area (Å²) in [6, 6.07) is 7.32. The van der Waals surface area contributed by atoms with Crippen molar-refractivity contribution in [2.75, 3.05) is 4.90 Å². The van der Waals surface area contributed by atoms with Gasteiger partial charge in [-0.15, -0.1) is 0 Å². The molecule has 0 bridgehead atoms. The van der Waals surface area contributed by atoms with E-state index in [2.05, 4.69) is 20.2 Å². The molecule has 1 saturated heterocycles. The van der Waals surface area contributed by atoms with Crippen molar-refractivity contribution in [3.05, 3.63) is 52.3 Å². The van der Waals surface area contributed by atoms with Gasteiger partial charge in [-0.25, -0.2) is 9.97 Å². The maximum absolute atomic E-state index is 13.2. The van der Waals surface area contributed by atoms with Crippen molar-refractivity contribution in [2.45, 2.75) is 69.7 Å². The molecule has 1 atom stereocenters. The summed E-state index contributed by atoms with van der Waals surface area (Å²) in [4.78, 5) is 49.6. The number of carbonyl (C=O) groups excluding carboxylic acids is 3. The van der Waals surface area contributed by atoms with Crippen molar-refractivity contribution in [2.24, 2.45) is 5.73 Å². The van der Waals surface area contributed by atoms with Gasteiger partial charge in [0.2, 0.25) is 17.8 Å².